The molecule has 2 nitrogen and oxygen atoms in total. The van der Waals surface area contributed by atoms with E-state index in [0.717, 1.165) is 39.0 Å². The second kappa shape index (κ2) is 14.0. The van der Waals surface area contributed by atoms with E-state index in [1.807, 2.05) is 11.3 Å². The molecule has 0 N–H and O–H groups in total. The van der Waals surface area contributed by atoms with E-state index < -0.39 is 0 Å². The fourth-order valence-corrected chi connectivity index (χ4v) is 12.6. The Balaban J connectivity index is 1.18. The molecule has 11 aromatic carbocycles. The van der Waals surface area contributed by atoms with E-state index >= 15 is 0 Å². The second-order valence-corrected chi connectivity index (χ2v) is 19.4. The van der Waals surface area contributed by atoms with Crippen LogP contribution >= 0.6 is 11.3 Å². The van der Waals surface area contributed by atoms with Gasteiger partial charge in [0.1, 0.15) is 5.58 Å². The first-order valence-electron chi connectivity index (χ1n) is 22.8. The summed E-state index contributed by atoms with van der Waals surface area (Å²) in [6, 6.07) is 78.8. The molecular formula is C63H41NOS. The molecule has 14 rings (SSSR count). The smallest absolute Gasteiger partial charge is 0.159 e. The number of hydrogen-bond donors (Lipinski definition) is 0. The third-order valence-electron chi connectivity index (χ3n) is 14.5. The van der Waals surface area contributed by atoms with Crippen LogP contribution in [0.3, 0.4) is 0 Å². The molecule has 1 aliphatic carbocycles. The summed E-state index contributed by atoms with van der Waals surface area (Å²) in [5.74, 6) is 0. The molecule has 0 fully saturated rings. The number of furan rings is 1. The van der Waals surface area contributed by atoms with E-state index in [1.165, 1.54) is 96.3 Å². The first-order chi connectivity index (χ1) is 32.5. The minimum Gasteiger partial charge on any atom is -0.454 e. The molecule has 0 spiro atoms. The van der Waals surface area contributed by atoms with Gasteiger partial charge in [-0.25, -0.2) is 0 Å². The summed E-state index contributed by atoms with van der Waals surface area (Å²) < 4.78 is 9.46. The molecule has 0 bridgehead atoms. The van der Waals surface area contributed by atoms with Gasteiger partial charge < -0.3 is 9.32 Å². The largest absolute Gasteiger partial charge is 0.454 e. The van der Waals surface area contributed by atoms with Crippen molar-refractivity contribution in [2.75, 3.05) is 4.90 Å². The molecule has 2 heterocycles. The Kier molecular flexibility index (Phi) is 7.94. The molecular weight excluding hydrogens is 819 g/mol. The summed E-state index contributed by atoms with van der Waals surface area (Å²) in [5.41, 5.74) is 10.00. The van der Waals surface area contributed by atoms with Crippen molar-refractivity contribution in [1.82, 2.24) is 0 Å². The minimum absolute atomic E-state index is 0.178. The normalized spacial score (nSPS) is 13.1. The molecule has 0 unspecified atom stereocenters. The van der Waals surface area contributed by atoms with Crippen molar-refractivity contribution in [3.63, 3.8) is 0 Å². The highest BCUT2D eigenvalue weighted by molar-refractivity contribution is 7.26. The summed E-state index contributed by atoms with van der Waals surface area (Å²) in [4.78, 5) is 2.44. The molecule has 3 heteroatoms. The average Bonchev–Trinajstić information content (AvgIpc) is 4.02. The zero-order valence-corrected chi connectivity index (χ0v) is 37.3. The highest BCUT2D eigenvalue weighted by atomic mass is 32.1. The van der Waals surface area contributed by atoms with Gasteiger partial charge in [0.05, 0.1) is 5.69 Å². The van der Waals surface area contributed by atoms with Gasteiger partial charge in [0.2, 0.25) is 0 Å². The predicted molar refractivity (Wildman–Crippen MR) is 284 cm³/mol. The monoisotopic (exact) mass is 859 g/mol. The van der Waals surface area contributed by atoms with E-state index in [2.05, 4.69) is 231 Å². The lowest BCUT2D eigenvalue weighted by atomic mass is 9.82. The van der Waals surface area contributed by atoms with Crippen molar-refractivity contribution in [1.29, 1.82) is 0 Å². The van der Waals surface area contributed by atoms with Gasteiger partial charge in [-0.15, -0.1) is 11.3 Å². The molecule has 0 amide bonds. The summed E-state index contributed by atoms with van der Waals surface area (Å²) in [6.07, 6.45) is 0. The van der Waals surface area contributed by atoms with E-state index in [1.54, 1.807) is 0 Å². The Morgan fingerprint density at radius 1 is 0.364 bits per heavy atom. The fraction of sp³-hybridized carbons (Fsp3) is 0.0476. The quantitative estimate of drug-likeness (QED) is 0.176. The molecule has 13 aromatic rings. The molecule has 2 aromatic heterocycles. The lowest BCUT2D eigenvalue weighted by Crippen LogP contribution is -2.16. The summed E-state index contributed by atoms with van der Waals surface area (Å²) in [6.45, 7) is 4.73. The number of benzene rings is 10. The molecule has 0 saturated heterocycles. The molecule has 66 heavy (non-hydrogen) atoms. The average molecular weight is 860 g/mol. The van der Waals surface area contributed by atoms with Crippen LogP contribution in [0.2, 0.25) is 0 Å². The lowest BCUT2D eigenvalue weighted by molar-refractivity contribution is 0.660. The topological polar surface area (TPSA) is 16.4 Å². The van der Waals surface area contributed by atoms with Crippen LogP contribution in [-0.2, 0) is 5.41 Å². The van der Waals surface area contributed by atoms with Gasteiger partial charge in [0, 0.05) is 47.7 Å². The van der Waals surface area contributed by atoms with E-state index in [4.69, 9.17) is 4.42 Å². The number of rotatable bonds is 3. The van der Waals surface area contributed by atoms with Gasteiger partial charge in [-0.1, -0.05) is 178 Å². The first kappa shape index (κ1) is 37.4. The number of nitrogens with zero attached hydrogens (tertiary/aromatic N) is 1. The van der Waals surface area contributed by atoms with Crippen molar-refractivity contribution >= 4 is 124 Å². The Morgan fingerprint density at radius 2 is 0.894 bits per heavy atom. The first-order valence-corrected chi connectivity index (χ1v) is 23.6. The van der Waals surface area contributed by atoms with Gasteiger partial charge in [-0.05, 0) is 125 Å². The Morgan fingerprint density at radius 3 is 1.65 bits per heavy atom. The van der Waals surface area contributed by atoms with E-state index in [-0.39, 0.29) is 5.41 Å². The van der Waals surface area contributed by atoms with Crippen LogP contribution in [-0.4, -0.2) is 0 Å². The van der Waals surface area contributed by atoms with Crippen LogP contribution in [0.1, 0.15) is 25.0 Å². The van der Waals surface area contributed by atoms with Gasteiger partial charge in [0.25, 0.3) is 0 Å². The van der Waals surface area contributed by atoms with Crippen LogP contribution in [0.15, 0.2) is 217 Å². The van der Waals surface area contributed by atoms with Gasteiger partial charge >= 0.3 is 0 Å². The van der Waals surface area contributed by atoms with E-state index in [0.29, 0.717) is 0 Å². The Hall–Kier alpha value is -7.98. The highest BCUT2D eigenvalue weighted by Crippen LogP contribution is 2.52. The van der Waals surface area contributed by atoms with Crippen molar-refractivity contribution in [2.45, 2.75) is 19.3 Å². The van der Waals surface area contributed by atoms with Crippen LogP contribution in [0, 0.1) is 0 Å². The van der Waals surface area contributed by atoms with Crippen molar-refractivity contribution in [2.24, 2.45) is 0 Å². The standard InChI is InChI=1S/C63H41NOS/c1-63(2)54-26-12-9-21-46(54)47-33-31-39(37-55(47)63)64(56-27-15-25-51-48-22-10-13-28-57(48)65-62(51)56)38-30-32-45-43-19-6-4-17-41(43)40-16-3-5-18-42(40)44-20-7-8-23-49(44)60-50(53(45)36-38)34-35-59-61(60)52-24-11-14-29-58(52)66-59/h3-37H,1-2H3. The van der Waals surface area contributed by atoms with Crippen molar-refractivity contribution in [3.8, 4) is 11.1 Å². The Labute approximate surface area is 385 Å². The maximum absolute atomic E-state index is 6.89. The van der Waals surface area contributed by atoms with E-state index in [9.17, 15) is 0 Å². The van der Waals surface area contributed by atoms with Crippen LogP contribution in [0.25, 0.3) is 107 Å². The zero-order valence-electron chi connectivity index (χ0n) is 36.5. The maximum Gasteiger partial charge on any atom is 0.159 e. The number of fused-ring (bicyclic) bond motifs is 20. The van der Waals surface area contributed by atoms with Gasteiger partial charge in [0.15, 0.2) is 5.58 Å². The molecule has 0 atom stereocenters. The number of thiophene rings is 1. The number of para-hydroxylation sites is 2. The summed E-state index contributed by atoms with van der Waals surface area (Å²) in [5, 5.41) is 17.0. The highest BCUT2D eigenvalue weighted by Gasteiger charge is 2.36. The number of anilines is 3. The molecule has 0 radical (unpaired) electrons. The predicted octanol–water partition coefficient (Wildman–Crippen LogP) is 18.6. The van der Waals surface area contributed by atoms with Crippen molar-refractivity contribution < 1.29 is 4.42 Å². The zero-order chi connectivity index (χ0) is 43.7. The van der Waals surface area contributed by atoms with Crippen LogP contribution in [0.4, 0.5) is 17.1 Å². The SMILES string of the molecule is CC1(C)c2ccccc2-c2ccc(N(c3ccc4c5ccccc5c5ccccc5c5ccccc5c5c(ccc6sc7ccccc7c65)c4c3)c3cccc4c3oc3ccccc34)cc21. The molecule has 0 saturated carbocycles. The summed E-state index contributed by atoms with van der Waals surface area (Å²) >= 11 is 1.88. The third-order valence-corrected chi connectivity index (χ3v) is 15.6. The fourth-order valence-electron chi connectivity index (χ4n) is 11.5. The summed E-state index contributed by atoms with van der Waals surface area (Å²) in [7, 11) is 0. The van der Waals surface area contributed by atoms with Crippen LogP contribution in [0.5, 0.6) is 0 Å². The van der Waals surface area contributed by atoms with Crippen LogP contribution < -0.4 is 4.90 Å². The molecule has 310 valence electrons. The second-order valence-electron chi connectivity index (χ2n) is 18.3. The Bertz CT molecular complexity index is 4280. The van der Waals surface area contributed by atoms with Crippen molar-refractivity contribution in [3.05, 3.63) is 223 Å². The molecule has 0 aliphatic heterocycles. The van der Waals surface area contributed by atoms with Gasteiger partial charge in [-0.3, -0.25) is 0 Å². The minimum atomic E-state index is -0.178. The number of hydrogen-bond acceptors (Lipinski definition) is 3. The lowest BCUT2D eigenvalue weighted by Gasteiger charge is -2.28. The van der Waals surface area contributed by atoms with Gasteiger partial charge in [-0.2, -0.15) is 0 Å². The third kappa shape index (κ3) is 5.29. The maximum atomic E-state index is 6.89. The molecule has 1 aliphatic rings.